The van der Waals surface area contributed by atoms with Gasteiger partial charge in [0.15, 0.2) is 5.82 Å². The van der Waals surface area contributed by atoms with Crippen LogP contribution in [0, 0.1) is 6.92 Å². The molecule has 0 atom stereocenters. The molecule has 2 aromatic heterocycles. The summed E-state index contributed by atoms with van der Waals surface area (Å²) in [5.41, 5.74) is 8.50. The van der Waals surface area contributed by atoms with Crippen molar-refractivity contribution < 1.29 is 0 Å². The Kier molecular flexibility index (Phi) is 2.59. The molecule has 0 radical (unpaired) electrons. The third-order valence-corrected chi connectivity index (χ3v) is 3.21. The number of nitrogens with one attached hydrogen (secondary N) is 1. The van der Waals surface area contributed by atoms with E-state index in [1.54, 1.807) is 10.9 Å². The number of anilines is 3. The van der Waals surface area contributed by atoms with Crippen LogP contribution in [0.4, 0.5) is 17.2 Å². The van der Waals surface area contributed by atoms with Gasteiger partial charge in [-0.05, 0) is 24.4 Å². The molecule has 0 unspecified atom stereocenters. The van der Waals surface area contributed by atoms with Gasteiger partial charge in [-0.2, -0.15) is 5.10 Å². The minimum atomic E-state index is 0.670. The number of rotatable bonds is 2. The Bertz CT molecular complexity index is 739. The highest BCUT2D eigenvalue weighted by Gasteiger charge is 2.11. The minimum Gasteiger partial charge on any atom is -0.394 e. The van der Waals surface area contributed by atoms with Crippen LogP contribution in [0.1, 0.15) is 5.69 Å². The van der Waals surface area contributed by atoms with Crippen LogP contribution in [0.3, 0.4) is 0 Å². The van der Waals surface area contributed by atoms with E-state index in [2.05, 4.69) is 21.5 Å². The van der Waals surface area contributed by atoms with E-state index in [1.165, 1.54) is 0 Å². The predicted octanol–water partition coefficient (Wildman–Crippen LogP) is 2.60. The molecule has 96 valence electrons. The number of benzene rings is 1. The average molecular weight is 253 g/mol. The van der Waals surface area contributed by atoms with Crippen molar-refractivity contribution in [3.63, 3.8) is 0 Å². The molecule has 5 heteroatoms. The molecular formula is C14H15N5. The number of hydrogen-bond acceptors (Lipinski definition) is 4. The first-order chi connectivity index (χ1) is 9.16. The summed E-state index contributed by atoms with van der Waals surface area (Å²) in [4.78, 5) is 4.17. The first-order valence-corrected chi connectivity index (χ1v) is 6.05. The molecule has 0 spiro atoms. The number of aromatic nitrogens is 3. The summed E-state index contributed by atoms with van der Waals surface area (Å²) in [6.45, 7) is 1.89. The Balaban J connectivity index is 2.11. The van der Waals surface area contributed by atoms with Crippen molar-refractivity contribution in [2.75, 3.05) is 11.1 Å². The molecule has 3 N–H and O–H groups in total. The standard InChI is InChI=1S/C14H15N5/c1-9-13(15)14(19(2)18-9)17-12-5-3-4-10-6-7-16-8-11(10)12/h3-8,17H,15H2,1-2H3. The van der Waals surface area contributed by atoms with E-state index < -0.39 is 0 Å². The molecule has 3 aromatic rings. The smallest absolute Gasteiger partial charge is 0.152 e. The summed E-state index contributed by atoms with van der Waals surface area (Å²) in [5.74, 6) is 0.800. The summed E-state index contributed by atoms with van der Waals surface area (Å²) in [6, 6.07) is 8.05. The fourth-order valence-corrected chi connectivity index (χ4v) is 2.17. The van der Waals surface area contributed by atoms with Gasteiger partial charge in [-0.1, -0.05) is 12.1 Å². The number of aryl methyl sites for hydroxylation is 2. The van der Waals surface area contributed by atoms with E-state index in [0.717, 1.165) is 28.0 Å². The zero-order chi connectivity index (χ0) is 13.4. The van der Waals surface area contributed by atoms with Crippen molar-refractivity contribution >= 4 is 28.0 Å². The Hall–Kier alpha value is -2.56. The number of hydrogen-bond donors (Lipinski definition) is 2. The highest BCUT2D eigenvalue weighted by atomic mass is 15.3. The van der Waals surface area contributed by atoms with Crippen LogP contribution in [0.15, 0.2) is 36.7 Å². The lowest BCUT2D eigenvalue weighted by molar-refractivity contribution is 0.765. The summed E-state index contributed by atoms with van der Waals surface area (Å²) in [6.07, 6.45) is 3.63. The fourth-order valence-electron chi connectivity index (χ4n) is 2.17. The van der Waals surface area contributed by atoms with Gasteiger partial charge < -0.3 is 11.1 Å². The van der Waals surface area contributed by atoms with Crippen LogP contribution in [0.5, 0.6) is 0 Å². The molecule has 0 bridgehead atoms. The third kappa shape index (κ3) is 1.89. The van der Waals surface area contributed by atoms with Gasteiger partial charge in [0.05, 0.1) is 11.4 Å². The lowest BCUT2D eigenvalue weighted by atomic mass is 10.1. The summed E-state index contributed by atoms with van der Waals surface area (Å²) < 4.78 is 1.75. The number of fused-ring (bicyclic) bond motifs is 1. The normalized spacial score (nSPS) is 10.8. The maximum atomic E-state index is 6.03. The van der Waals surface area contributed by atoms with Gasteiger partial charge in [-0.15, -0.1) is 0 Å². The minimum absolute atomic E-state index is 0.670. The molecule has 2 heterocycles. The highest BCUT2D eigenvalue weighted by molar-refractivity contribution is 5.95. The van der Waals surface area contributed by atoms with Crippen molar-refractivity contribution in [1.82, 2.24) is 14.8 Å². The van der Waals surface area contributed by atoms with Gasteiger partial charge in [-0.25, -0.2) is 0 Å². The number of nitrogen functional groups attached to an aromatic ring is 1. The van der Waals surface area contributed by atoms with Crippen molar-refractivity contribution in [2.45, 2.75) is 6.92 Å². The average Bonchev–Trinajstić information content (AvgIpc) is 2.66. The molecule has 3 rings (SSSR count). The van der Waals surface area contributed by atoms with Crippen molar-refractivity contribution in [2.24, 2.45) is 7.05 Å². The molecule has 0 saturated carbocycles. The monoisotopic (exact) mass is 253 g/mol. The van der Waals surface area contributed by atoms with E-state index in [0.29, 0.717) is 5.69 Å². The van der Waals surface area contributed by atoms with Gasteiger partial charge in [-0.3, -0.25) is 9.67 Å². The first-order valence-electron chi connectivity index (χ1n) is 6.05. The van der Waals surface area contributed by atoms with Gasteiger partial charge >= 0.3 is 0 Å². The molecule has 0 fully saturated rings. The number of pyridine rings is 1. The number of nitrogens with two attached hydrogens (primary N) is 1. The molecule has 0 aliphatic carbocycles. The maximum Gasteiger partial charge on any atom is 0.152 e. The molecule has 5 nitrogen and oxygen atoms in total. The van der Waals surface area contributed by atoms with Crippen molar-refractivity contribution in [3.05, 3.63) is 42.4 Å². The Morgan fingerprint density at radius 1 is 1.26 bits per heavy atom. The van der Waals surface area contributed by atoms with E-state index >= 15 is 0 Å². The second-order valence-corrected chi connectivity index (χ2v) is 4.50. The molecule has 0 aliphatic rings. The van der Waals surface area contributed by atoms with Gasteiger partial charge in [0.25, 0.3) is 0 Å². The summed E-state index contributed by atoms with van der Waals surface area (Å²) in [7, 11) is 1.87. The quantitative estimate of drug-likeness (QED) is 0.736. The van der Waals surface area contributed by atoms with E-state index in [9.17, 15) is 0 Å². The SMILES string of the molecule is Cc1nn(C)c(Nc2cccc3ccncc23)c1N. The van der Waals surface area contributed by atoms with Crippen LogP contribution in [-0.4, -0.2) is 14.8 Å². The van der Waals surface area contributed by atoms with Crippen LogP contribution < -0.4 is 11.1 Å². The van der Waals surface area contributed by atoms with Crippen molar-refractivity contribution in [1.29, 1.82) is 0 Å². The highest BCUT2D eigenvalue weighted by Crippen LogP contribution is 2.29. The Morgan fingerprint density at radius 2 is 2.11 bits per heavy atom. The fraction of sp³-hybridized carbons (Fsp3) is 0.143. The lowest BCUT2D eigenvalue weighted by Gasteiger charge is -2.10. The first kappa shape index (κ1) is 11.5. The molecular weight excluding hydrogens is 238 g/mol. The number of nitrogens with zero attached hydrogens (tertiary/aromatic N) is 3. The van der Waals surface area contributed by atoms with E-state index in [-0.39, 0.29) is 0 Å². The Morgan fingerprint density at radius 3 is 2.84 bits per heavy atom. The third-order valence-electron chi connectivity index (χ3n) is 3.21. The van der Waals surface area contributed by atoms with Crippen molar-refractivity contribution in [3.8, 4) is 0 Å². The Labute approximate surface area is 111 Å². The largest absolute Gasteiger partial charge is 0.394 e. The van der Waals surface area contributed by atoms with Crippen LogP contribution in [0.2, 0.25) is 0 Å². The lowest BCUT2D eigenvalue weighted by Crippen LogP contribution is -2.01. The molecule has 0 saturated heterocycles. The van der Waals surface area contributed by atoms with Gasteiger partial charge in [0.2, 0.25) is 0 Å². The van der Waals surface area contributed by atoms with Crippen LogP contribution >= 0.6 is 0 Å². The maximum absolute atomic E-state index is 6.03. The second kappa shape index (κ2) is 4.28. The van der Waals surface area contributed by atoms with Crippen LogP contribution in [-0.2, 0) is 7.05 Å². The van der Waals surface area contributed by atoms with Gasteiger partial charge in [0, 0.05) is 30.5 Å². The molecule has 0 amide bonds. The van der Waals surface area contributed by atoms with Crippen LogP contribution in [0.25, 0.3) is 10.8 Å². The molecule has 1 aromatic carbocycles. The van der Waals surface area contributed by atoms with E-state index in [4.69, 9.17) is 5.73 Å². The van der Waals surface area contributed by atoms with E-state index in [1.807, 2.05) is 38.4 Å². The van der Waals surface area contributed by atoms with Gasteiger partial charge in [0.1, 0.15) is 0 Å². The summed E-state index contributed by atoms with van der Waals surface area (Å²) >= 11 is 0. The zero-order valence-corrected chi connectivity index (χ0v) is 10.9. The zero-order valence-electron chi connectivity index (χ0n) is 10.9. The molecule has 19 heavy (non-hydrogen) atoms. The second-order valence-electron chi connectivity index (χ2n) is 4.50. The predicted molar refractivity (Wildman–Crippen MR) is 77.4 cm³/mol. The topological polar surface area (TPSA) is 68.8 Å². The summed E-state index contributed by atoms with van der Waals surface area (Å²) in [5, 5.41) is 9.84. The molecule has 0 aliphatic heterocycles.